The molecule has 374 valence electrons. The van der Waals surface area contributed by atoms with Gasteiger partial charge in [0.1, 0.15) is 30.0 Å². The SMILES string of the molecule is CCOC(=O)O[C@@H](C(=O)O[C@H]1C[C@@]2(O)[C@@H](OC(=O)c3ccccc3)C3[C@](C)(C(=O)[C@H](OC(C)=O)C(=C1C)C2(C)C)[C@@H](OCSC)C[C@H]1OC[C@@]31OC(C)=O)[C@@H](N[14C](=O)c1ccccc1)c1ccccc1. The summed E-state index contributed by atoms with van der Waals surface area (Å²) in [7, 11) is 0. The van der Waals surface area contributed by atoms with Crippen LogP contribution in [-0.4, -0.2) is 120 Å². The predicted octanol–water partition coefficient (Wildman–Crippen LogP) is 6.26. The van der Waals surface area contributed by atoms with Gasteiger partial charge in [0.15, 0.2) is 17.5 Å². The Morgan fingerprint density at radius 2 is 1.53 bits per heavy atom. The highest BCUT2D eigenvalue weighted by Gasteiger charge is 2.78. The fourth-order valence-corrected chi connectivity index (χ4v) is 11.2. The third-order valence-electron chi connectivity index (χ3n) is 14.3. The number of amides is 1. The van der Waals surface area contributed by atoms with Crippen LogP contribution in [0.25, 0.3) is 0 Å². The number of nitrogens with one attached hydrogen (secondary N) is 1. The van der Waals surface area contributed by atoms with Crippen molar-refractivity contribution in [2.75, 3.05) is 25.4 Å². The van der Waals surface area contributed by atoms with Crippen molar-refractivity contribution in [3.05, 3.63) is 119 Å². The standard InChI is InChI=1S/C52H59NO16S/c1-9-62-48(60)67-41(39(32-19-13-10-14-20-32)53-45(57)33-21-15-11-16-22-33)47(59)66-35-26-52(61)44(68-46(58)34-23-17-12-18-24-34)42-50(7,43(56)40(65-30(3)54)38(29(35)2)49(52,5)6)36(64-28-70-8)25-37-51(42,27-63-37)69-31(4)55/h10-24,35-37,39-42,44,61H,9,25-28H2,1-8H3,(H,53,57)/t35-,36-,37+,39-,40+,41+,42?,44-,50+,51-,52+/m0/s1/i45+2. The Bertz CT molecular complexity index is 2500. The van der Waals surface area contributed by atoms with Crippen LogP contribution in [0, 0.1) is 16.7 Å². The molecule has 2 N–H and O–H groups in total. The number of hydrogen-bond acceptors (Lipinski definition) is 17. The van der Waals surface area contributed by atoms with E-state index < -0.39 is 119 Å². The molecule has 11 atom stereocenters. The predicted molar refractivity (Wildman–Crippen MR) is 251 cm³/mol. The van der Waals surface area contributed by atoms with Crippen molar-refractivity contribution in [2.45, 2.75) is 115 Å². The molecule has 3 aromatic rings. The van der Waals surface area contributed by atoms with Gasteiger partial charge in [-0.15, -0.1) is 11.8 Å². The van der Waals surface area contributed by atoms with E-state index in [1.54, 1.807) is 113 Å². The summed E-state index contributed by atoms with van der Waals surface area (Å²) >= 11 is 1.33. The first kappa shape index (κ1) is 51.8. The smallest absolute Gasteiger partial charge is 0.455 e. The van der Waals surface area contributed by atoms with Gasteiger partial charge in [0.25, 0.3) is 5.91 Å². The Morgan fingerprint density at radius 1 is 0.900 bits per heavy atom. The second-order valence-corrected chi connectivity index (χ2v) is 19.5. The summed E-state index contributed by atoms with van der Waals surface area (Å²) in [6, 6.07) is 22.9. The second kappa shape index (κ2) is 20.7. The highest BCUT2D eigenvalue weighted by Crippen LogP contribution is 2.65. The lowest BCUT2D eigenvalue weighted by molar-refractivity contribution is -0.347. The van der Waals surface area contributed by atoms with E-state index in [0.29, 0.717) is 5.56 Å². The zero-order chi connectivity index (χ0) is 50.8. The molecule has 0 spiro atoms. The van der Waals surface area contributed by atoms with Crippen molar-refractivity contribution < 1.29 is 76.6 Å². The van der Waals surface area contributed by atoms with Crippen LogP contribution >= 0.6 is 11.8 Å². The molecule has 4 aliphatic rings. The quantitative estimate of drug-likeness (QED) is 0.0741. The molecular weight excluding hydrogens is 929 g/mol. The highest BCUT2D eigenvalue weighted by atomic mass is 32.2. The number of ketones is 1. The minimum atomic E-state index is -2.41. The van der Waals surface area contributed by atoms with Gasteiger partial charge in [0.05, 0.1) is 42.2 Å². The zero-order valence-electron chi connectivity index (χ0n) is 40.3. The molecular formula is C52H59NO16S. The van der Waals surface area contributed by atoms with E-state index in [9.17, 15) is 29.1 Å². The van der Waals surface area contributed by atoms with Crippen LogP contribution in [0.1, 0.15) is 93.6 Å². The summed E-state index contributed by atoms with van der Waals surface area (Å²) in [4.78, 5) is 99.4. The number of carbonyl (C=O) groups is 7. The molecule has 1 aliphatic heterocycles. The van der Waals surface area contributed by atoms with Gasteiger partial charge in [-0.1, -0.05) is 80.6 Å². The average molecular weight is 988 g/mol. The average Bonchev–Trinajstić information content (AvgIpc) is 3.32. The second-order valence-electron chi connectivity index (χ2n) is 18.7. The summed E-state index contributed by atoms with van der Waals surface area (Å²) in [6.07, 6.45) is -9.08. The Hall–Kier alpha value is -6.08. The lowest BCUT2D eigenvalue weighted by atomic mass is 9.44. The number of fused-ring (bicyclic) bond motifs is 5. The van der Waals surface area contributed by atoms with Gasteiger partial charge < -0.3 is 48.3 Å². The summed E-state index contributed by atoms with van der Waals surface area (Å²) in [5.74, 6) is -6.51. The topological polar surface area (TPSA) is 226 Å². The molecule has 0 radical (unpaired) electrons. The number of carbonyl (C=O) groups excluding carboxylic acids is 7. The fourth-order valence-electron chi connectivity index (χ4n) is 10.9. The molecule has 3 aliphatic carbocycles. The van der Waals surface area contributed by atoms with Crippen molar-refractivity contribution in [3.8, 4) is 0 Å². The van der Waals surface area contributed by atoms with Gasteiger partial charge in [-0.3, -0.25) is 19.2 Å². The molecule has 70 heavy (non-hydrogen) atoms. The maximum atomic E-state index is 16.1. The number of thioether (sulfide) groups is 1. The highest BCUT2D eigenvalue weighted by molar-refractivity contribution is 7.98. The summed E-state index contributed by atoms with van der Waals surface area (Å²) in [5.41, 5.74) is -6.87. The molecule has 2 saturated carbocycles. The van der Waals surface area contributed by atoms with E-state index in [4.69, 9.17) is 37.9 Å². The minimum absolute atomic E-state index is 0.0179. The largest absolute Gasteiger partial charge is 0.509 e. The molecule has 3 aromatic carbocycles. The molecule has 1 heterocycles. The van der Waals surface area contributed by atoms with E-state index in [2.05, 4.69) is 5.32 Å². The van der Waals surface area contributed by atoms with Gasteiger partial charge in [-0.05, 0) is 68.0 Å². The van der Waals surface area contributed by atoms with E-state index in [0.717, 1.165) is 6.92 Å². The Labute approximate surface area is 410 Å². The Morgan fingerprint density at radius 3 is 2.10 bits per heavy atom. The molecule has 1 unspecified atom stereocenters. The van der Waals surface area contributed by atoms with Crippen LogP contribution in [0.2, 0.25) is 0 Å². The summed E-state index contributed by atoms with van der Waals surface area (Å²) in [5, 5.41) is 16.9. The van der Waals surface area contributed by atoms with E-state index >= 15 is 9.59 Å². The van der Waals surface area contributed by atoms with Crippen LogP contribution in [0.15, 0.2) is 102 Å². The Kier molecular flexibility index (Phi) is 15.3. The normalized spacial score (nSPS) is 29.4. The molecule has 1 amide bonds. The van der Waals surface area contributed by atoms with Gasteiger partial charge in [-0.2, -0.15) is 0 Å². The van der Waals surface area contributed by atoms with E-state index in [-0.39, 0.29) is 47.8 Å². The molecule has 0 aromatic heterocycles. The van der Waals surface area contributed by atoms with E-state index in [1.807, 2.05) is 0 Å². The number of benzene rings is 3. The molecule has 7 rings (SSSR count). The number of rotatable bonds is 15. The molecule has 3 fully saturated rings. The van der Waals surface area contributed by atoms with Crippen LogP contribution in [-0.2, 0) is 57.1 Å². The lowest BCUT2D eigenvalue weighted by Crippen LogP contribution is -2.82. The number of aliphatic hydroxyl groups is 1. The van der Waals surface area contributed by atoms with Crippen LogP contribution in [0.4, 0.5) is 4.79 Å². The van der Waals surface area contributed by atoms with E-state index in [1.165, 1.54) is 37.7 Å². The molecule has 2 bridgehead atoms. The maximum Gasteiger partial charge on any atom is 0.509 e. The minimum Gasteiger partial charge on any atom is -0.455 e. The number of Topliss-reactive ketones (excluding diaryl/α,β-unsaturated/α-hetero) is 1. The summed E-state index contributed by atoms with van der Waals surface area (Å²) in [6.45, 7) is 9.73. The van der Waals surface area contributed by atoms with Gasteiger partial charge in [0.2, 0.25) is 6.10 Å². The van der Waals surface area contributed by atoms with Crippen molar-refractivity contribution in [1.29, 1.82) is 0 Å². The maximum absolute atomic E-state index is 16.1. The first-order valence-electron chi connectivity index (χ1n) is 23.0. The third kappa shape index (κ3) is 9.45. The van der Waals surface area contributed by atoms with Gasteiger partial charge >= 0.3 is 30.0 Å². The number of esters is 4. The zero-order valence-corrected chi connectivity index (χ0v) is 41.1. The molecule has 18 heteroatoms. The molecule has 17 nitrogen and oxygen atoms in total. The fraction of sp³-hybridized carbons (Fsp3) is 0.481. The van der Waals surface area contributed by atoms with Crippen molar-refractivity contribution >= 4 is 53.5 Å². The first-order chi connectivity index (χ1) is 33.2. The number of ether oxygens (including phenoxy) is 8. The van der Waals surface area contributed by atoms with Crippen LogP contribution in [0.3, 0.4) is 0 Å². The van der Waals surface area contributed by atoms with Crippen molar-refractivity contribution in [1.82, 2.24) is 5.32 Å². The number of hydrogen-bond donors (Lipinski definition) is 2. The Balaban J connectivity index is 1.44. The lowest BCUT2D eigenvalue weighted by Gasteiger charge is -2.67. The van der Waals surface area contributed by atoms with Crippen molar-refractivity contribution in [2.24, 2.45) is 16.7 Å². The summed E-state index contributed by atoms with van der Waals surface area (Å²) < 4.78 is 48.7. The van der Waals surface area contributed by atoms with Crippen LogP contribution < -0.4 is 5.32 Å². The molecule has 1 saturated heterocycles. The van der Waals surface area contributed by atoms with Crippen LogP contribution in [0.5, 0.6) is 0 Å². The monoisotopic (exact) mass is 987 g/mol. The van der Waals surface area contributed by atoms with Gasteiger partial charge in [0, 0.05) is 37.7 Å². The van der Waals surface area contributed by atoms with Gasteiger partial charge in [-0.25, -0.2) is 14.4 Å². The third-order valence-corrected chi connectivity index (χ3v) is 14.7. The first-order valence-corrected chi connectivity index (χ1v) is 24.4. The van der Waals surface area contributed by atoms with Crippen molar-refractivity contribution in [3.63, 3.8) is 0 Å².